The molecule has 164 valence electrons. The molecular weight excluding hydrogens is 509 g/mol. The number of fused-ring (bicyclic) bond motifs is 1. The summed E-state index contributed by atoms with van der Waals surface area (Å²) in [6.45, 7) is 8.92. The van der Waals surface area contributed by atoms with Gasteiger partial charge in [0, 0.05) is 63.8 Å². The van der Waals surface area contributed by atoms with Crippen LogP contribution in [-0.2, 0) is 13.0 Å². The lowest BCUT2D eigenvalue weighted by Crippen LogP contribution is -2.54. The van der Waals surface area contributed by atoms with Gasteiger partial charge in [0.05, 0.1) is 5.69 Å². The lowest BCUT2D eigenvalue weighted by molar-refractivity contribution is 0.191. The number of aromatic hydroxyl groups is 1. The van der Waals surface area contributed by atoms with Gasteiger partial charge in [0.2, 0.25) is 0 Å². The first kappa shape index (κ1) is 23.1. The minimum Gasteiger partial charge on any atom is -0.506 e. The Labute approximate surface area is 200 Å². The molecule has 6 nitrogen and oxygen atoms in total. The van der Waals surface area contributed by atoms with E-state index in [1.165, 1.54) is 12.0 Å². The molecule has 0 bridgehead atoms. The Bertz CT molecular complexity index is 850. The van der Waals surface area contributed by atoms with Gasteiger partial charge in [-0.3, -0.25) is 9.89 Å². The van der Waals surface area contributed by atoms with Crippen molar-refractivity contribution in [3.8, 4) is 5.75 Å². The van der Waals surface area contributed by atoms with Gasteiger partial charge in [0.1, 0.15) is 5.75 Å². The van der Waals surface area contributed by atoms with Gasteiger partial charge in [-0.15, -0.1) is 35.3 Å². The maximum Gasteiger partial charge on any atom is 0.193 e. The second-order valence-electron chi connectivity index (χ2n) is 7.83. The number of nitrogens with zero attached hydrogens (tertiary/aromatic N) is 4. The first-order valence-electron chi connectivity index (χ1n) is 10.4. The standard InChI is InChI=1S/C22H31N5OS.HI/c1-17(27-9-7-21-18(16-27)8-14-29-21)15-24-22(23-2)26-12-10-25(11-13-26)19-5-3-4-6-20(19)28;/h3-6,8,14,17,28H,7,9-13,15-16H2,1-2H3,(H,23,24);1H. The molecule has 2 aliphatic heterocycles. The minimum absolute atomic E-state index is 0. The first-order valence-corrected chi connectivity index (χ1v) is 11.3. The van der Waals surface area contributed by atoms with Crippen LogP contribution < -0.4 is 10.2 Å². The number of piperazine rings is 1. The number of para-hydroxylation sites is 2. The summed E-state index contributed by atoms with van der Waals surface area (Å²) in [7, 11) is 1.86. The zero-order valence-corrected chi connectivity index (χ0v) is 20.9. The smallest absolute Gasteiger partial charge is 0.193 e. The summed E-state index contributed by atoms with van der Waals surface area (Å²) >= 11 is 1.89. The van der Waals surface area contributed by atoms with Gasteiger partial charge in [-0.25, -0.2) is 0 Å². The summed E-state index contributed by atoms with van der Waals surface area (Å²) in [5, 5.41) is 15.9. The van der Waals surface area contributed by atoms with E-state index in [2.05, 4.69) is 43.4 Å². The Kier molecular flexibility index (Phi) is 8.24. The summed E-state index contributed by atoms with van der Waals surface area (Å²) in [5.41, 5.74) is 2.42. The zero-order valence-electron chi connectivity index (χ0n) is 17.8. The maximum absolute atomic E-state index is 10.1. The molecule has 30 heavy (non-hydrogen) atoms. The van der Waals surface area contributed by atoms with Crippen LogP contribution in [0.1, 0.15) is 17.4 Å². The molecule has 0 aliphatic carbocycles. The van der Waals surface area contributed by atoms with Crippen LogP contribution in [0.3, 0.4) is 0 Å². The number of nitrogens with one attached hydrogen (secondary N) is 1. The highest BCUT2D eigenvalue weighted by Crippen LogP contribution is 2.27. The highest BCUT2D eigenvalue weighted by Gasteiger charge is 2.24. The molecule has 8 heteroatoms. The van der Waals surface area contributed by atoms with Crippen LogP contribution >= 0.6 is 35.3 Å². The largest absolute Gasteiger partial charge is 0.506 e. The van der Waals surface area contributed by atoms with Crippen LogP contribution in [0.15, 0.2) is 40.7 Å². The monoisotopic (exact) mass is 541 g/mol. The lowest BCUT2D eigenvalue weighted by atomic mass is 10.1. The number of anilines is 1. The van der Waals surface area contributed by atoms with Gasteiger partial charge < -0.3 is 20.2 Å². The molecule has 2 aromatic rings. The third-order valence-corrected chi connectivity index (χ3v) is 7.05. The van der Waals surface area contributed by atoms with Crippen molar-refractivity contribution in [2.45, 2.75) is 25.9 Å². The summed E-state index contributed by atoms with van der Waals surface area (Å²) in [4.78, 5) is 13.2. The Hall–Kier alpha value is -1.52. The van der Waals surface area contributed by atoms with E-state index in [4.69, 9.17) is 0 Å². The molecule has 1 aromatic carbocycles. The van der Waals surface area contributed by atoms with Crippen molar-refractivity contribution in [2.24, 2.45) is 4.99 Å². The van der Waals surface area contributed by atoms with E-state index in [0.717, 1.165) is 57.5 Å². The third kappa shape index (κ3) is 5.20. The van der Waals surface area contributed by atoms with E-state index in [1.807, 2.05) is 36.6 Å². The van der Waals surface area contributed by atoms with Gasteiger partial charge in [-0.2, -0.15) is 0 Å². The molecule has 0 radical (unpaired) electrons. The zero-order chi connectivity index (χ0) is 20.2. The van der Waals surface area contributed by atoms with Crippen molar-refractivity contribution in [2.75, 3.05) is 51.2 Å². The van der Waals surface area contributed by atoms with Crippen molar-refractivity contribution < 1.29 is 5.11 Å². The molecule has 1 unspecified atom stereocenters. The summed E-state index contributed by atoms with van der Waals surface area (Å²) in [6.07, 6.45) is 1.17. The molecule has 1 fully saturated rings. The third-order valence-electron chi connectivity index (χ3n) is 6.03. The van der Waals surface area contributed by atoms with Crippen LogP contribution in [0.25, 0.3) is 0 Å². The maximum atomic E-state index is 10.1. The Balaban J connectivity index is 0.00000256. The molecule has 3 heterocycles. The topological polar surface area (TPSA) is 54.3 Å². The van der Waals surface area contributed by atoms with Gasteiger partial charge in [0.15, 0.2) is 5.96 Å². The second kappa shape index (κ2) is 10.7. The van der Waals surface area contributed by atoms with Crippen LogP contribution in [-0.4, -0.2) is 73.2 Å². The minimum atomic E-state index is 0. The van der Waals surface area contributed by atoms with E-state index in [9.17, 15) is 5.11 Å². The van der Waals surface area contributed by atoms with Gasteiger partial charge in [-0.1, -0.05) is 12.1 Å². The highest BCUT2D eigenvalue weighted by atomic mass is 127. The summed E-state index contributed by atoms with van der Waals surface area (Å²) in [5.74, 6) is 1.33. The van der Waals surface area contributed by atoms with Crippen LogP contribution in [0.4, 0.5) is 5.69 Å². The number of guanidine groups is 1. The molecule has 1 saturated heterocycles. The van der Waals surface area contributed by atoms with Crippen LogP contribution in [0.5, 0.6) is 5.75 Å². The van der Waals surface area contributed by atoms with Crippen molar-refractivity contribution in [3.63, 3.8) is 0 Å². The molecule has 1 atom stereocenters. The number of thiophene rings is 1. The number of rotatable bonds is 4. The number of phenolic OH excluding ortho intramolecular Hbond substituents is 1. The van der Waals surface area contributed by atoms with Gasteiger partial charge in [-0.05, 0) is 42.5 Å². The Morgan fingerprint density at radius 2 is 1.93 bits per heavy atom. The number of hydrogen-bond acceptors (Lipinski definition) is 5. The summed E-state index contributed by atoms with van der Waals surface area (Å²) < 4.78 is 0. The molecular formula is C22H32IN5OS. The molecule has 2 N–H and O–H groups in total. The van der Waals surface area contributed by atoms with Gasteiger partial charge in [0.25, 0.3) is 0 Å². The van der Waals surface area contributed by atoms with Crippen molar-refractivity contribution >= 4 is 47.0 Å². The van der Waals surface area contributed by atoms with Crippen LogP contribution in [0.2, 0.25) is 0 Å². The Morgan fingerprint density at radius 3 is 2.67 bits per heavy atom. The predicted molar refractivity (Wildman–Crippen MR) is 137 cm³/mol. The highest BCUT2D eigenvalue weighted by molar-refractivity contribution is 14.0. The summed E-state index contributed by atoms with van der Waals surface area (Å²) in [6, 6.07) is 10.3. The fourth-order valence-corrected chi connectivity index (χ4v) is 5.13. The quantitative estimate of drug-likeness (QED) is 0.354. The van der Waals surface area contributed by atoms with Crippen molar-refractivity contribution in [1.82, 2.24) is 15.1 Å². The number of phenols is 1. The van der Waals surface area contributed by atoms with E-state index in [-0.39, 0.29) is 24.0 Å². The second-order valence-corrected chi connectivity index (χ2v) is 8.83. The molecule has 0 amide bonds. The Morgan fingerprint density at radius 1 is 1.17 bits per heavy atom. The molecule has 2 aliphatic rings. The van der Waals surface area contributed by atoms with Crippen molar-refractivity contribution in [3.05, 3.63) is 46.2 Å². The van der Waals surface area contributed by atoms with E-state index in [1.54, 1.807) is 10.9 Å². The molecule has 1 aromatic heterocycles. The average molecular weight is 542 g/mol. The van der Waals surface area contributed by atoms with Crippen LogP contribution in [0, 0.1) is 0 Å². The molecule has 0 saturated carbocycles. The number of halogens is 1. The SMILES string of the molecule is CN=C(NCC(C)N1CCc2sccc2C1)N1CCN(c2ccccc2O)CC1.I. The normalized spacial score (nSPS) is 18.5. The number of hydrogen-bond donors (Lipinski definition) is 2. The van der Waals surface area contributed by atoms with E-state index >= 15 is 0 Å². The number of benzene rings is 1. The molecule has 4 rings (SSSR count). The van der Waals surface area contributed by atoms with E-state index < -0.39 is 0 Å². The fourth-order valence-electron chi connectivity index (χ4n) is 4.24. The molecule has 0 spiro atoms. The predicted octanol–water partition coefficient (Wildman–Crippen LogP) is 3.22. The van der Waals surface area contributed by atoms with E-state index in [0.29, 0.717) is 11.8 Å². The lowest BCUT2D eigenvalue weighted by Gasteiger charge is -2.38. The van der Waals surface area contributed by atoms with Crippen molar-refractivity contribution in [1.29, 1.82) is 0 Å². The first-order chi connectivity index (χ1) is 14.2. The van der Waals surface area contributed by atoms with Gasteiger partial charge >= 0.3 is 0 Å². The number of aliphatic imine (C=N–C) groups is 1. The fraction of sp³-hybridized carbons (Fsp3) is 0.500. The average Bonchev–Trinajstić information content (AvgIpc) is 3.23.